The van der Waals surface area contributed by atoms with Crippen molar-refractivity contribution in [3.8, 4) is 0 Å². The van der Waals surface area contributed by atoms with Crippen LogP contribution in [-0.2, 0) is 4.74 Å². The average molecular weight is 252 g/mol. The third-order valence-corrected chi connectivity index (χ3v) is 2.89. The van der Waals surface area contributed by atoms with Crippen LogP contribution in [0.1, 0.15) is 38.8 Å². The molecular weight excluding hydrogens is 232 g/mol. The number of carbonyl (C=O) groups is 1. The number of nitrogens with zero attached hydrogens (tertiary/aromatic N) is 2. The fraction of sp³-hybridized carbons (Fsp3) is 0.667. The molecule has 0 radical (unpaired) electrons. The Morgan fingerprint density at radius 2 is 2.28 bits per heavy atom. The fourth-order valence-corrected chi connectivity index (χ4v) is 2.04. The van der Waals surface area contributed by atoms with Gasteiger partial charge in [-0.25, -0.2) is 4.79 Å². The van der Waals surface area contributed by atoms with Crippen LogP contribution in [0.3, 0.4) is 0 Å². The molecule has 1 amide bonds. The lowest BCUT2D eigenvalue weighted by Gasteiger charge is -2.32. The van der Waals surface area contributed by atoms with Gasteiger partial charge < -0.3 is 15.0 Å². The van der Waals surface area contributed by atoms with Crippen LogP contribution in [0.15, 0.2) is 6.20 Å². The van der Waals surface area contributed by atoms with E-state index in [1.54, 1.807) is 11.9 Å². The van der Waals surface area contributed by atoms with E-state index in [1.165, 1.54) is 0 Å². The molecule has 1 aromatic rings. The van der Waals surface area contributed by atoms with Crippen molar-refractivity contribution in [2.24, 2.45) is 0 Å². The highest BCUT2D eigenvalue weighted by atomic mass is 16.6. The minimum atomic E-state index is -0.475. The first-order valence-corrected chi connectivity index (χ1v) is 6.12. The van der Waals surface area contributed by atoms with E-state index in [-0.39, 0.29) is 12.1 Å². The number of anilines is 1. The monoisotopic (exact) mass is 252 g/mol. The molecule has 2 N–H and O–H groups in total. The lowest BCUT2D eigenvalue weighted by Crippen LogP contribution is -2.38. The first-order chi connectivity index (χ1) is 8.38. The zero-order chi connectivity index (χ0) is 13.3. The maximum atomic E-state index is 12.0. The van der Waals surface area contributed by atoms with Gasteiger partial charge in [-0.15, -0.1) is 0 Å². The van der Waals surface area contributed by atoms with Crippen molar-refractivity contribution in [1.82, 2.24) is 15.1 Å². The normalized spacial score (nSPS) is 18.8. The third-order valence-electron chi connectivity index (χ3n) is 2.89. The summed E-state index contributed by atoms with van der Waals surface area (Å²) >= 11 is 0. The van der Waals surface area contributed by atoms with Crippen LogP contribution in [0.4, 0.5) is 10.6 Å². The number of H-pyrrole nitrogens is 1. The van der Waals surface area contributed by atoms with Gasteiger partial charge in [0.15, 0.2) is 5.82 Å². The van der Waals surface area contributed by atoms with Gasteiger partial charge in [0.1, 0.15) is 5.60 Å². The van der Waals surface area contributed by atoms with E-state index in [2.05, 4.69) is 15.5 Å². The molecule has 100 valence electrons. The molecule has 1 aliphatic heterocycles. The van der Waals surface area contributed by atoms with Gasteiger partial charge in [-0.05, 0) is 27.2 Å². The second-order valence-electron chi connectivity index (χ2n) is 5.51. The summed E-state index contributed by atoms with van der Waals surface area (Å²) < 4.78 is 5.38. The Kier molecular flexibility index (Phi) is 3.19. The number of fused-ring (bicyclic) bond motifs is 1. The number of hydrogen-bond donors (Lipinski definition) is 2. The fourth-order valence-electron chi connectivity index (χ4n) is 2.04. The number of aromatic nitrogens is 2. The van der Waals surface area contributed by atoms with E-state index in [0.717, 1.165) is 24.3 Å². The predicted molar refractivity (Wildman–Crippen MR) is 68.4 cm³/mol. The maximum absolute atomic E-state index is 12.0. The molecule has 2 rings (SSSR count). The highest BCUT2D eigenvalue weighted by molar-refractivity contribution is 5.69. The van der Waals surface area contributed by atoms with Crippen LogP contribution in [0.5, 0.6) is 0 Å². The summed E-state index contributed by atoms with van der Waals surface area (Å²) in [5.74, 6) is 0.821. The lowest BCUT2D eigenvalue weighted by atomic mass is 10.0. The molecule has 0 aromatic carbocycles. The molecule has 1 unspecified atom stereocenters. The molecule has 6 heteroatoms. The number of nitrogens with one attached hydrogen (secondary N) is 2. The maximum Gasteiger partial charge on any atom is 0.410 e. The molecule has 18 heavy (non-hydrogen) atoms. The van der Waals surface area contributed by atoms with Crippen molar-refractivity contribution in [2.75, 3.05) is 18.9 Å². The first kappa shape index (κ1) is 12.7. The van der Waals surface area contributed by atoms with Crippen molar-refractivity contribution in [3.63, 3.8) is 0 Å². The standard InChI is InChI=1S/C12H20N4O2/c1-12(2,3)18-11(17)16(4)9-5-6-13-10-8(9)7-14-15-10/h7,9H,5-6H2,1-4H3,(H2,13,14,15). The second-order valence-corrected chi connectivity index (χ2v) is 5.51. The van der Waals surface area contributed by atoms with Gasteiger partial charge >= 0.3 is 6.09 Å². The molecule has 1 aromatic heterocycles. The van der Waals surface area contributed by atoms with Gasteiger partial charge in [-0.3, -0.25) is 5.10 Å². The van der Waals surface area contributed by atoms with Crippen molar-refractivity contribution in [3.05, 3.63) is 11.8 Å². The van der Waals surface area contributed by atoms with Crippen LogP contribution in [0, 0.1) is 0 Å². The molecule has 0 bridgehead atoms. The van der Waals surface area contributed by atoms with Crippen LogP contribution in [-0.4, -0.2) is 40.4 Å². The third kappa shape index (κ3) is 2.57. The summed E-state index contributed by atoms with van der Waals surface area (Å²) in [5.41, 5.74) is 0.534. The van der Waals surface area contributed by atoms with Crippen molar-refractivity contribution in [2.45, 2.75) is 38.8 Å². The van der Waals surface area contributed by atoms with Gasteiger partial charge in [0.05, 0.1) is 6.04 Å². The zero-order valence-electron chi connectivity index (χ0n) is 11.3. The molecule has 0 saturated heterocycles. The van der Waals surface area contributed by atoms with Gasteiger partial charge in [0.2, 0.25) is 0 Å². The topological polar surface area (TPSA) is 70.2 Å². The van der Waals surface area contributed by atoms with Gasteiger partial charge in [-0.1, -0.05) is 0 Å². The number of carbonyl (C=O) groups excluding carboxylic acids is 1. The number of amides is 1. The summed E-state index contributed by atoms with van der Waals surface area (Å²) in [6.45, 7) is 6.40. The Labute approximate surface area is 107 Å². The van der Waals surface area contributed by atoms with E-state index in [9.17, 15) is 4.79 Å². The number of ether oxygens (including phenoxy) is 1. The van der Waals surface area contributed by atoms with E-state index < -0.39 is 5.60 Å². The van der Waals surface area contributed by atoms with Crippen LogP contribution in [0.2, 0.25) is 0 Å². The SMILES string of the molecule is CN(C(=O)OC(C)(C)C)C1CCNc2n[nH]cc21. The smallest absolute Gasteiger partial charge is 0.410 e. The molecule has 0 fully saturated rings. The molecule has 2 heterocycles. The van der Waals surface area contributed by atoms with E-state index in [0.29, 0.717) is 0 Å². The highest BCUT2D eigenvalue weighted by Gasteiger charge is 2.30. The summed E-state index contributed by atoms with van der Waals surface area (Å²) in [5, 5.41) is 10.1. The molecule has 6 nitrogen and oxygen atoms in total. The molecule has 0 aliphatic carbocycles. The molecule has 1 atom stereocenters. The Balaban J connectivity index is 2.11. The predicted octanol–water partition coefficient (Wildman–Crippen LogP) is 2.13. The van der Waals surface area contributed by atoms with Crippen molar-refractivity contribution >= 4 is 11.9 Å². The largest absolute Gasteiger partial charge is 0.444 e. The molecule has 0 saturated carbocycles. The van der Waals surface area contributed by atoms with Gasteiger partial charge in [-0.2, -0.15) is 5.10 Å². The number of rotatable bonds is 1. The Hall–Kier alpha value is -1.72. The quantitative estimate of drug-likeness (QED) is 0.803. The first-order valence-electron chi connectivity index (χ1n) is 6.12. The molecular formula is C12H20N4O2. The minimum absolute atomic E-state index is 0.00912. The van der Waals surface area contributed by atoms with Crippen LogP contribution < -0.4 is 5.32 Å². The lowest BCUT2D eigenvalue weighted by molar-refractivity contribution is 0.0212. The van der Waals surface area contributed by atoms with Crippen molar-refractivity contribution < 1.29 is 9.53 Å². The van der Waals surface area contributed by atoms with Gasteiger partial charge in [0.25, 0.3) is 0 Å². The number of hydrogen-bond acceptors (Lipinski definition) is 4. The van der Waals surface area contributed by atoms with Crippen LogP contribution >= 0.6 is 0 Å². The Morgan fingerprint density at radius 3 is 2.94 bits per heavy atom. The summed E-state index contributed by atoms with van der Waals surface area (Å²) in [6.07, 6.45) is 2.37. The van der Waals surface area contributed by atoms with E-state index >= 15 is 0 Å². The molecule has 0 spiro atoms. The summed E-state index contributed by atoms with van der Waals surface area (Å²) in [6, 6.07) is 0.00912. The zero-order valence-corrected chi connectivity index (χ0v) is 11.3. The average Bonchev–Trinajstić information content (AvgIpc) is 2.73. The Bertz CT molecular complexity index is 436. The summed E-state index contributed by atoms with van der Waals surface area (Å²) in [4.78, 5) is 13.7. The van der Waals surface area contributed by atoms with Crippen LogP contribution in [0.25, 0.3) is 0 Å². The van der Waals surface area contributed by atoms with E-state index in [1.807, 2.05) is 27.0 Å². The highest BCUT2D eigenvalue weighted by Crippen LogP contribution is 2.32. The van der Waals surface area contributed by atoms with Crippen molar-refractivity contribution in [1.29, 1.82) is 0 Å². The Morgan fingerprint density at radius 1 is 1.56 bits per heavy atom. The number of aromatic amines is 1. The molecule has 1 aliphatic rings. The van der Waals surface area contributed by atoms with E-state index in [4.69, 9.17) is 4.74 Å². The second kappa shape index (κ2) is 4.51. The summed E-state index contributed by atoms with van der Waals surface area (Å²) in [7, 11) is 1.76. The van der Waals surface area contributed by atoms with Gasteiger partial charge in [0, 0.05) is 25.4 Å². The minimum Gasteiger partial charge on any atom is -0.444 e.